The van der Waals surface area contributed by atoms with Gasteiger partial charge in [0.25, 0.3) is 0 Å². The number of esters is 1. The maximum absolute atomic E-state index is 11.1. The van der Waals surface area contributed by atoms with Crippen LogP contribution in [0.4, 0.5) is 0 Å². The Morgan fingerprint density at radius 2 is 2.21 bits per heavy atom. The average molecular weight is 283 g/mol. The summed E-state index contributed by atoms with van der Waals surface area (Å²) in [6.45, 7) is 0. The van der Waals surface area contributed by atoms with E-state index >= 15 is 0 Å². The molecule has 100 valence electrons. The van der Waals surface area contributed by atoms with E-state index in [0.717, 1.165) is 0 Å². The number of halogens is 1. The largest absolute Gasteiger partial charge is 0.496 e. The summed E-state index contributed by atoms with van der Waals surface area (Å²) in [5.41, 5.74) is 0.631. The van der Waals surface area contributed by atoms with Crippen LogP contribution >= 0.6 is 11.6 Å². The van der Waals surface area contributed by atoms with Crippen LogP contribution in [0.2, 0.25) is 5.02 Å². The van der Waals surface area contributed by atoms with Gasteiger partial charge in [0.15, 0.2) is 0 Å². The predicted molar refractivity (Wildman–Crippen MR) is 67.0 cm³/mol. The monoisotopic (exact) mass is 282 g/mol. The van der Waals surface area contributed by atoms with E-state index in [9.17, 15) is 4.79 Å². The van der Waals surface area contributed by atoms with Gasteiger partial charge in [0.2, 0.25) is 11.7 Å². The van der Waals surface area contributed by atoms with E-state index in [1.807, 2.05) is 0 Å². The van der Waals surface area contributed by atoms with Crippen LogP contribution in [0.3, 0.4) is 0 Å². The molecule has 0 aliphatic rings. The second-order valence-electron chi connectivity index (χ2n) is 3.61. The van der Waals surface area contributed by atoms with Crippen LogP contribution in [0.5, 0.6) is 5.75 Å². The summed E-state index contributed by atoms with van der Waals surface area (Å²) in [5, 5.41) is 4.34. The lowest BCUT2D eigenvalue weighted by molar-refractivity contribution is -0.140. The van der Waals surface area contributed by atoms with Crippen LogP contribution in [0.25, 0.3) is 11.4 Å². The summed E-state index contributed by atoms with van der Waals surface area (Å²) in [6.07, 6.45) is -0.0700. The Morgan fingerprint density at radius 3 is 2.89 bits per heavy atom. The van der Waals surface area contributed by atoms with Gasteiger partial charge in [-0.25, -0.2) is 0 Å². The van der Waals surface area contributed by atoms with E-state index in [0.29, 0.717) is 22.2 Å². The fourth-order valence-corrected chi connectivity index (χ4v) is 1.64. The number of aromatic nitrogens is 2. The molecule has 0 fully saturated rings. The first kappa shape index (κ1) is 13.4. The molecule has 0 radical (unpaired) electrons. The van der Waals surface area contributed by atoms with E-state index in [1.54, 1.807) is 18.2 Å². The zero-order chi connectivity index (χ0) is 13.8. The highest BCUT2D eigenvalue weighted by Crippen LogP contribution is 2.30. The molecule has 0 saturated carbocycles. The molecule has 0 bridgehead atoms. The second-order valence-corrected chi connectivity index (χ2v) is 4.05. The van der Waals surface area contributed by atoms with Crippen molar-refractivity contribution in [2.75, 3.05) is 14.2 Å². The molecule has 0 unspecified atom stereocenters. The van der Waals surface area contributed by atoms with Crippen LogP contribution in [0.15, 0.2) is 22.7 Å². The van der Waals surface area contributed by atoms with E-state index in [4.69, 9.17) is 20.9 Å². The van der Waals surface area contributed by atoms with Gasteiger partial charge in [-0.05, 0) is 18.2 Å². The normalized spacial score (nSPS) is 10.3. The SMILES string of the molecule is COC(=O)Cc1nc(-c2ccc(Cl)cc2OC)no1. The Hall–Kier alpha value is -2.08. The minimum atomic E-state index is -0.446. The van der Waals surface area contributed by atoms with Crippen molar-refractivity contribution in [3.8, 4) is 17.1 Å². The number of benzene rings is 1. The maximum Gasteiger partial charge on any atom is 0.315 e. The number of hydrogen-bond donors (Lipinski definition) is 0. The Balaban J connectivity index is 2.30. The number of nitrogens with zero attached hydrogens (tertiary/aromatic N) is 2. The van der Waals surface area contributed by atoms with E-state index in [2.05, 4.69) is 14.9 Å². The molecule has 0 aliphatic heterocycles. The Kier molecular flexibility index (Phi) is 4.01. The van der Waals surface area contributed by atoms with Gasteiger partial charge in [-0.2, -0.15) is 4.98 Å². The molecule has 0 N–H and O–H groups in total. The first-order valence-electron chi connectivity index (χ1n) is 5.37. The van der Waals surface area contributed by atoms with Gasteiger partial charge in [-0.15, -0.1) is 0 Å². The average Bonchev–Trinajstić information content (AvgIpc) is 2.86. The fourth-order valence-electron chi connectivity index (χ4n) is 1.48. The van der Waals surface area contributed by atoms with E-state index in [-0.39, 0.29) is 12.3 Å². The van der Waals surface area contributed by atoms with Gasteiger partial charge in [-0.3, -0.25) is 4.79 Å². The van der Waals surface area contributed by atoms with Gasteiger partial charge < -0.3 is 14.0 Å². The number of ether oxygens (including phenoxy) is 2. The molecule has 6 nitrogen and oxygen atoms in total. The summed E-state index contributed by atoms with van der Waals surface area (Å²) < 4.78 is 14.7. The van der Waals surface area contributed by atoms with Crippen molar-refractivity contribution in [2.24, 2.45) is 0 Å². The number of carbonyl (C=O) groups excluding carboxylic acids is 1. The first-order chi connectivity index (χ1) is 9.13. The van der Waals surface area contributed by atoms with Gasteiger partial charge in [0.05, 0.1) is 19.8 Å². The van der Waals surface area contributed by atoms with E-state index in [1.165, 1.54) is 14.2 Å². The van der Waals surface area contributed by atoms with Gasteiger partial charge in [0.1, 0.15) is 12.2 Å². The fraction of sp³-hybridized carbons (Fsp3) is 0.250. The summed E-state index contributed by atoms with van der Waals surface area (Å²) >= 11 is 5.87. The highest BCUT2D eigenvalue weighted by Gasteiger charge is 2.15. The molecule has 0 amide bonds. The maximum atomic E-state index is 11.1. The van der Waals surface area contributed by atoms with Crippen molar-refractivity contribution in [3.63, 3.8) is 0 Å². The summed E-state index contributed by atoms with van der Waals surface area (Å²) in [4.78, 5) is 15.2. The topological polar surface area (TPSA) is 74.5 Å². The quantitative estimate of drug-likeness (QED) is 0.800. The number of rotatable bonds is 4. The highest BCUT2D eigenvalue weighted by atomic mass is 35.5. The molecule has 0 spiro atoms. The van der Waals surface area contributed by atoms with Crippen molar-refractivity contribution in [2.45, 2.75) is 6.42 Å². The van der Waals surface area contributed by atoms with Crippen LogP contribution in [0, 0.1) is 0 Å². The molecule has 19 heavy (non-hydrogen) atoms. The zero-order valence-corrected chi connectivity index (χ0v) is 11.1. The third-order valence-corrected chi connectivity index (χ3v) is 2.63. The molecular formula is C12H11ClN2O4. The van der Waals surface area contributed by atoms with Crippen LogP contribution in [-0.4, -0.2) is 30.3 Å². The van der Waals surface area contributed by atoms with Crippen molar-refractivity contribution in [3.05, 3.63) is 29.1 Å². The Morgan fingerprint density at radius 1 is 1.42 bits per heavy atom. The van der Waals surface area contributed by atoms with Crippen molar-refractivity contribution < 1.29 is 18.8 Å². The van der Waals surface area contributed by atoms with Gasteiger partial charge in [-0.1, -0.05) is 16.8 Å². The molecule has 0 atom stereocenters. The molecule has 2 aromatic rings. The zero-order valence-electron chi connectivity index (χ0n) is 10.3. The number of methoxy groups -OCH3 is 2. The third kappa shape index (κ3) is 3.03. The van der Waals surface area contributed by atoms with Crippen LogP contribution < -0.4 is 4.74 Å². The molecule has 0 aliphatic carbocycles. The van der Waals surface area contributed by atoms with Crippen LogP contribution in [-0.2, 0) is 16.0 Å². The Labute approximate surface area is 114 Å². The smallest absolute Gasteiger partial charge is 0.315 e. The first-order valence-corrected chi connectivity index (χ1v) is 5.75. The summed E-state index contributed by atoms with van der Waals surface area (Å²) in [7, 11) is 2.81. The van der Waals surface area contributed by atoms with E-state index < -0.39 is 5.97 Å². The molecule has 2 rings (SSSR count). The van der Waals surface area contributed by atoms with Crippen LogP contribution in [0.1, 0.15) is 5.89 Å². The lowest BCUT2D eigenvalue weighted by Gasteiger charge is -2.04. The summed E-state index contributed by atoms with van der Waals surface area (Å²) in [5.74, 6) is 0.586. The molecular weight excluding hydrogens is 272 g/mol. The second kappa shape index (κ2) is 5.71. The number of carbonyl (C=O) groups is 1. The molecule has 7 heteroatoms. The highest BCUT2D eigenvalue weighted by molar-refractivity contribution is 6.30. The van der Waals surface area contributed by atoms with Gasteiger partial charge in [0, 0.05) is 5.02 Å². The third-order valence-electron chi connectivity index (χ3n) is 2.40. The molecule has 1 heterocycles. The predicted octanol–water partition coefficient (Wildman–Crippen LogP) is 2.11. The Bertz CT molecular complexity index is 597. The molecule has 0 saturated heterocycles. The van der Waals surface area contributed by atoms with Crippen molar-refractivity contribution >= 4 is 17.6 Å². The molecule has 1 aromatic carbocycles. The lowest BCUT2D eigenvalue weighted by Crippen LogP contribution is -2.04. The lowest BCUT2D eigenvalue weighted by atomic mass is 10.2. The van der Waals surface area contributed by atoms with Crippen molar-refractivity contribution in [1.29, 1.82) is 0 Å². The minimum Gasteiger partial charge on any atom is -0.496 e. The number of hydrogen-bond acceptors (Lipinski definition) is 6. The minimum absolute atomic E-state index is 0.0700. The van der Waals surface area contributed by atoms with Crippen molar-refractivity contribution in [1.82, 2.24) is 10.1 Å². The molecule has 1 aromatic heterocycles. The standard InChI is InChI=1S/C12H11ClN2O4/c1-17-9-5-7(13)3-4-8(9)12-14-10(19-15-12)6-11(16)18-2/h3-5H,6H2,1-2H3. The van der Waals surface area contributed by atoms with Gasteiger partial charge >= 0.3 is 5.97 Å². The summed E-state index contributed by atoms with van der Waals surface area (Å²) in [6, 6.07) is 5.05.